The van der Waals surface area contributed by atoms with Crippen molar-refractivity contribution in [2.24, 2.45) is 5.92 Å². The van der Waals surface area contributed by atoms with Crippen molar-refractivity contribution in [1.29, 1.82) is 0 Å². The Kier molecular flexibility index (Phi) is 5.05. The average Bonchev–Trinajstić information content (AvgIpc) is 2.95. The molecule has 0 amide bonds. The van der Waals surface area contributed by atoms with Crippen LogP contribution >= 0.6 is 0 Å². The molecule has 1 N–H and O–H groups in total. The smallest absolute Gasteiger partial charge is 0.307 e. The summed E-state index contributed by atoms with van der Waals surface area (Å²) in [4.78, 5) is 17.2. The summed E-state index contributed by atoms with van der Waals surface area (Å²) in [5, 5.41) is 12.9. The predicted molar refractivity (Wildman–Crippen MR) is 77.5 cm³/mol. The Balaban J connectivity index is 2.02. The molecule has 112 valence electrons. The second-order valence-corrected chi connectivity index (χ2v) is 4.94. The molecule has 0 bridgehead atoms. The Morgan fingerprint density at radius 3 is 2.71 bits per heavy atom. The fourth-order valence-corrected chi connectivity index (χ4v) is 1.99. The van der Waals surface area contributed by atoms with Gasteiger partial charge in [0, 0.05) is 12.1 Å². The first-order valence-electron chi connectivity index (χ1n) is 6.93. The first-order valence-corrected chi connectivity index (χ1v) is 6.93. The molecule has 1 heterocycles. The molecule has 1 aromatic heterocycles. The fourth-order valence-electron chi connectivity index (χ4n) is 1.99. The lowest BCUT2D eigenvalue weighted by Crippen LogP contribution is -2.31. The molecule has 0 aliphatic rings. The van der Waals surface area contributed by atoms with Crippen LogP contribution in [-0.2, 0) is 11.3 Å². The zero-order valence-corrected chi connectivity index (χ0v) is 12.2. The third-order valence-electron chi connectivity index (χ3n) is 3.26. The average molecular weight is 289 g/mol. The van der Waals surface area contributed by atoms with Crippen LogP contribution in [0.15, 0.2) is 34.9 Å². The van der Waals surface area contributed by atoms with Crippen LogP contribution in [0.2, 0.25) is 0 Å². The predicted octanol–water partition coefficient (Wildman–Crippen LogP) is 2.28. The van der Waals surface area contributed by atoms with Crippen molar-refractivity contribution in [3.63, 3.8) is 0 Å². The van der Waals surface area contributed by atoms with E-state index in [1.54, 1.807) is 6.92 Å². The molecule has 0 saturated carbocycles. The zero-order chi connectivity index (χ0) is 15.2. The molecule has 0 radical (unpaired) electrons. The van der Waals surface area contributed by atoms with Gasteiger partial charge in [0.2, 0.25) is 11.7 Å². The summed E-state index contributed by atoms with van der Waals surface area (Å²) in [6.45, 7) is 5.29. The molecule has 1 atom stereocenters. The van der Waals surface area contributed by atoms with E-state index >= 15 is 0 Å². The molecule has 6 heteroatoms. The van der Waals surface area contributed by atoms with Crippen LogP contribution in [-0.4, -0.2) is 39.2 Å². The van der Waals surface area contributed by atoms with Gasteiger partial charge in [-0.25, -0.2) is 0 Å². The van der Waals surface area contributed by atoms with E-state index < -0.39 is 11.9 Å². The second-order valence-electron chi connectivity index (χ2n) is 4.94. The highest BCUT2D eigenvalue weighted by Crippen LogP contribution is 2.15. The molecule has 0 aliphatic carbocycles. The van der Waals surface area contributed by atoms with Crippen molar-refractivity contribution in [3.8, 4) is 11.4 Å². The monoisotopic (exact) mass is 289 g/mol. The maximum Gasteiger partial charge on any atom is 0.307 e. The van der Waals surface area contributed by atoms with Crippen LogP contribution in [0.25, 0.3) is 11.4 Å². The van der Waals surface area contributed by atoms with E-state index in [1.165, 1.54) is 0 Å². The van der Waals surface area contributed by atoms with Crippen LogP contribution in [0, 0.1) is 5.92 Å². The number of carboxylic acids is 1. The van der Waals surface area contributed by atoms with E-state index in [2.05, 4.69) is 10.1 Å². The maximum absolute atomic E-state index is 10.9. The van der Waals surface area contributed by atoms with Crippen LogP contribution in [0.3, 0.4) is 0 Å². The number of aliphatic carboxylic acids is 1. The van der Waals surface area contributed by atoms with Gasteiger partial charge >= 0.3 is 5.97 Å². The minimum absolute atomic E-state index is 0.429. The summed E-state index contributed by atoms with van der Waals surface area (Å²) >= 11 is 0. The molecule has 1 unspecified atom stereocenters. The van der Waals surface area contributed by atoms with Crippen LogP contribution < -0.4 is 0 Å². The summed E-state index contributed by atoms with van der Waals surface area (Å²) < 4.78 is 5.24. The third-order valence-corrected chi connectivity index (χ3v) is 3.26. The highest BCUT2D eigenvalue weighted by molar-refractivity contribution is 5.69. The van der Waals surface area contributed by atoms with Crippen molar-refractivity contribution in [2.45, 2.75) is 20.4 Å². The summed E-state index contributed by atoms with van der Waals surface area (Å²) in [5.41, 5.74) is 0.898. The highest BCUT2D eigenvalue weighted by Gasteiger charge is 2.17. The number of carbonyl (C=O) groups is 1. The topological polar surface area (TPSA) is 79.5 Å². The van der Waals surface area contributed by atoms with Gasteiger partial charge in [-0.05, 0) is 6.54 Å². The van der Waals surface area contributed by atoms with Gasteiger partial charge in [0.1, 0.15) is 0 Å². The van der Waals surface area contributed by atoms with Gasteiger partial charge in [-0.3, -0.25) is 9.69 Å². The first kappa shape index (κ1) is 15.2. The quantitative estimate of drug-likeness (QED) is 0.842. The number of aromatic nitrogens is 2. The standard InChI is InChI=1S/C15H19N3O3/c1-3-18(9-11(2)15(19)20)10-13-16-14(17-21-13)12-7-5-4-6-8-12/h4-8,11H,3,9-10H2,1-2H3,(H,19,20). The number of carboxylic acid groups (broad SMARTS) is 1. The zero-order valence-electron chi connectivity index (χ0n) is 12.2. The number of rotatable bonds is 7. The molecule has 0 fully saturated rings. The van der Waals surface area contributed by atoms with Crippen molar-refractivity contribution < 1.29 is 14.4 Å². The normalized spacial score (nSPS) is 12.5. The first-order chi connectivity index (χ1) is 10.1. The van der Waals surface area contributed by atoms with Crippen LogP contribution in [0.5, 0.6) is 0 Å². The van der Waals surface area contributed by atoms with Gasteiger partial charge in [0.15, 0.2) is 0 Å². The minimum Gasteiger partial charge on any atom is -0.481 e. The molecule has 2 aromatic rings. The van der Waals surface area contributed by atoms with E-state index in [-0.39, 0.29) is 0 Å². The molecule has 2 rings (SSSR count). The van der Waals surface area contributed by atoms with Crippen molar-refractivity contribution in [1.82, 2.24) is 15.0 Å². The lowest BCUT2D eigenvalue weighted by molar-refractivity contribution is -0.141. The molecule has 1 aromatic carbocycles. The van der Waals surface area contributed by atoms with Gasteiger partial charge < -0.3 is 9.63 Å². The van der Waals surface area contributed by atoms with Crippen LogP contribution in [0.4, 0.5) is 0 Å². The molecular formula is C15H19N3O3. The van der Waals surface area contributed by atoms with E-state index in [1.807, 2.05) is 42.2 Å². The van der Waals surface area contributed by atoms with Crippen molar-refractivity contribution >= 4 is 5.97 Å². The van der Waals surface area contributed by atoms with Gasteiger partial charge in [-0.1, -0.05) is 49.3 Å². The molecule has 21 heavy (non-hydrogen) atoms. The summed E-state index contributed by atoms with van der Waals surface area (Å²) in [6.07, 6.45) is 0. The lowest BCUT2D eigenvalue weighted by Gasteiger charge is -2.20. The summed E-state index contributed by atoms with van der Waals surface area (Å²) in [6, 6.07) is 9.59. The van der Waals surface area contributed by atoms with E-state index in [0.29, 0.717) is 24.8 Å². The Hall–Kier alpha value is -2.21. The largest absolute Gasteiger partial charge is 0.481 e. The van der Waals surface area contributed by atoms with Crippen molar-refractivity contribution in [3.05, 3.63) is 36.2 Å². The third kappa shape index (κ3) is 4.13. The molecule has 0 saturated heterocycles. The van der Waals surface area contributed by atoms with Gasteiger partial charge in [0.25, 0.3) is 0 Å². The number of hydrogen-bond acceptors (Lipinski definition) is 5. The summed E-state index contributed by atoms with van der Waals surface area (Å²) in [7, 11) is 0. The number of hydrogen-bond donors (Lipinski definition) is 1. The lowest BCUT2D eigenvalue weighted by atomic mass is 10.1. The molecule has 0 aliphatic heterocycles. The van der Waals surface area contributed by atoms with E-state index in [0.717, 1.165) is 12.1 Å². The molecule has 0 spiro atoms. The minimum atomic E-state index is -0.802. The molecule has 6 nitrogen and oxygen atoms in total. The van der Waals surface area contributed by atoms with Gasteiger partial charge in [-0.2, -0.15) is 4.98 Å². The number of nitrogens with zero attached hydrogens (tertiary/aromatic N) is 3. The number of benzene rings is 1. The summed E-state index contributed by atoms with van der Waals surface area (Å²) in [5.74, 6) is -0.188. The SMILES string of the molecule is CCN(Cc1nc(-c2ccccc2)no1)CC(C)C(=O)O. The van der Waals surface area contributed by atoms with E-state index in [9.17, 15) is 4.79 Å². The van der Waals surface area contributed by atoms with Crippen molar-refractivity contribution in [2.75, 3.05) is 13.1 Å². The molecular weight excluding hydrogens is 270 g/mol. The Morgan fingerprint density at radius 1 is 1.38 bits per heavy atom. The fraction of sp³-hybridized carbons (Fsp3) is 0.400. The maximum atomic E-state index is 10.9. The van der Waals surface area contributed by atoms with Gasteiger partial charge in [-0.15, -0.1) is 0 Å². The Morgan fingerprint density at radius 2 is 2.10 bits per heavy atom. The highest BCUT2D eigenvalue weighted by atomic mass is 16.5. The second kappa shape index (κ2) is 6.99. The van der Waals surface area contributed by atoms with E-state index in [4.69, 9.17) is 9.63 Å². The Labute approximate surface area is 123 Å². The van der Waals surface area contributed by atoms with Gasteiger partial charge in [0.05, 0.1) is 12.5 Å². The Bertz CT molecular complexity index is 583. The van der Waals surface area contributed by atoms with Crippen LogP contribution in [0.1, 0.15) is 19.7 Å².